The lowest BCUT2D eigenvalue weighted by Gasteiger charge is -2.25. The molecule has 1 aromatic rings. The molecule has 5 nitrogen and oxygen atoms in total. The SMILES string of the molecule is FC(F)c1nc(N2CCNCC2)n[nH]1. The van der Waals surface area contributed by atoms with Gasteiger partial charge < -0.3 is 10.2 Å². The molecule has 0 bridgehead atoms. The van der Waals surface area contributed by atoms with Crippen LogP contribution in [0.5, 0.6) is 0 Å². The van der Waals surface area contributed by atoms with Gasteiger partial charge in [-0.1, -0.05) is 0 Å². The summed E-state index contributed by atoms with van der Waals surface area (Å²) in [4.78, 5) is 5.59. The van der Waals surface area contributed by atoms with Crippen LogP contribution in [0.4, 0.5) is 14.7 Å². The number of halogens is 2. The molecule has 2 N–H and O–H groups in total. The van der Waals surface area contributed by atoms with Crippen molar-refractivity contribution in [1.29, 1.82) is 0 Å². The molecule has 0 unspecified atom stereocenters. The molecule has 1 fully saturated rings. The van der Waals surface area contributed by atoms with Crippen molar-refractivity contribution in [3.05, 3.63) is 5.82 Å². The molecule has 1 saturated heterocycles. The van der Waals surface area contributed by atoms with Crippen molar-refractivity contribution < 1.29 is 8.78 Å². The van der Waals surface area contributed by atoms with Crippen LogP contribution in [-0.4, -0.2) is 41.4 Å². The Balaban J connectivity index is 2.07. The van der Waals surface area contributed by atoms with Crippen LogP contribution in [-0.2, 0) is 0 Å². The topological polar surface area (TPSA) is 56.8 Å². The van der Waals surface area contributed by atoms with E-state index < -0.39 is 6.43 Å². The lowest BCUT2D eigenvalue weighted by atomic mass is 10.4. The fraction of sp³-hybridized carbons (Fsp3) is 0.714. The number of nitrogens with zero attached hydrogens (tertiary/aromatic N) is 3. The molecule has 78 valence electrons. The van der Waals surface area contributed by atoms with Crippen molar-refractivity contribution in [2.45, 2.75) is 6.43 Å². The number of piperazine rings is 1. The Hall–Kier alpha value is -1.24. The van der Waals surface area contributed by atoms with Gasteiger partial charge in [0.05, 0.1) is 0 Å². The standard InChI is InChI=1S/C7H11F2N5/c8-5(9)6-11-7(13-12-6)14-3-1-10-2-4-14/h5,10H,1-4H2,(H,11,12,13). The molecule has 1 aliphatic rings. The van der Waals surface area contributed by atoms with Crippen LogP contribution in [0.3, 0.4) is 0 Å². The number of nitrogens with one attached hydrogen (secondary N) is 2. The zero-order valence-corrected chi connectivity index (χ0v) is 7.50. The van der Waals surface area contributed by atoms with Gasteiger partial charge in [0.15, 0.2) is 5.82 Å². The van der Waals surface area contributed by atoms with Crippen LogP contribution in [0.25, 0.3) is 0 Å². The van der Waals surface area contributed by atoms with Gasteiger partial charge in [0, 0.05) is 26.2 Å². The van der Waals surface area contributed by atoms with Crippen LogP contribution in [0.1, 0.15) is 12.2 Å². The zero-order valence-electron chi connectivity index (χ0n) is 7.50. The molecule has 1 aromatic heterocycles. The van der Waals surface area contributed by atoms with Crippen LogP contribution in [0.2, 0.25) is 0 Å². The summed E-state index contributed by atoms with van der Waals surface area (Å²) in [7, 11) is 0. The third kappa shape index (κ3) is 1.82. The normalized spacial score (nSPS) is 17.8. The fourth-order valence-corrected chi connectivity index (χ4v) is 1.37. The van der Waals surface area contributed by atoms with Crippen molar-refractivity contribution in [3.8, 4) is 0 Å². The second kappa shape index (κ2) is 3.87. The summed E-state index contributed by atoms with van der Waals surface area (Å²) in [5, 5.41) is 9.13. The highest BCUT2D eigenvalue weighted by Gasteiger charge is 2.18. The molecule has 2 rings (SSSR count). The molecule has 0 aliphatic carbocycles. The van der Waals surface area contributed by atoms with Crippen molar-refractivity contribution in [3.63, 3.8) is 0 Å². The molecule has 0 amide bonds. The fourth-order valence-electron chi connectivity index (χ4n) is 1.37. The van der Waals surface area contributed by atoms with E-state index in [1.165, 1.54) is 0 Å². The van der Waals surface area contributed by atoms with Gasteiger partial charge in [-0.15, -0.1) is 5.10 Å². The minimum Gasteiger partial charge on any atom is -0.337 e. The van der Waals surface area contributed by atoms with Crippen LogP contribution < -0.4 is 10.2 Å². The summed E-state index contributed by atoms with van der Waals surface area (Å²) < 4.78 is 24.4. The van der Waals surface area contributed by atoms with Gasteiger partial charge in [0.1, 0.15) is 0 Å². The predicted octanol–water partition coefficient (Wildman–Crippen LogP) is 0.152. The average molecular weight is 203 g/mol. The Morgan fingerprint density at radius 1 is 1.29 bits per heavy atom. The van der Waals surface area contributed by atoms with E-state index >= 15 is 0 Å². The van der Waals surface area contributed by atoms with E-state index in [1.54, 1.807) is 0 Å². The quantitative estimate of drug-likeness (QED) is 0.718. The lowest BCUT2D eigenvalue weighted by molar-refractivity contribution is 0.141. The third-order valence-corrected chi connectivity index (χ3v) is 2.10. The van der Waals surface area contributed by atoms with Crippen molar-refractivity contribution in [2.24, 2.45) is 0 Å². The monoisotopic (exact) mass is 203 g/mol. The molecule has 0 saturated carbocycles. The molecule has 0 spiro atoms. The largest absolute Gasteiger partial charge is 0.337 e. The maximum absolute atomic E-state index is 12.2. The first kappa shape index (κ1) is 9.32. The van der Waals surface area contributed by atoms with E-state index in [2.05, 4.69) is 20.5 Å². The first-order chi connectivity index (χ1) is 6.77. The minimum atomic E-state index is -2.58. The Bertz CT molecular complexity index is 294. The number of H-pyrrole nitrogens is 1. The van der Waals surface area contributed by atoms with Crippen LogP contribution in [0.15, 0.2) is 0 Å². The highest BCUT2D eigenvalue weighted by atomic mass is 19.3. The van der Waals surface area contributed by atoms with E-state index in [-0.39, 0.29) is 5.82 Å². The maximum Gasteiger partial charge on any atom is 0.296 e. The van der Waals surface area contributed by atoms with E-state index in [9.17, 15) is 8.78 Å². The molecule has 14 heavy (non-hydrogen) atoms. The second-order valence-electron chi connectivity index (χ2n) is 3.06. The Labute approximate surface area is 79.5 Å². The van der Waals surface area contributed by atoms with E-state index in [1.807, 2.05) is 4.90 Å². The van der Waals surface area contributed by atoms with Gasteiger partial charge >= 0.3 is 0 Å². The van der Waals surface area contributed by atoms with Gasteiger partial charge in [-0.3, -0.25) is 5.10 Å². The summed E-state index contributed by atoms with van der Waals surface area (Å²) in [6.45, 7) is 3.16. The summed E-state index contributed by atoms with van der Waals surface area (Å²) in [5.74, 6) is 0.000308. The van der Waals surface area contributed by atoms with Gasteiger partial charge in [-0.05, 0) is 0 Å². The zero-order chi connectivity index (χ0) is 9.97. The Morgan fingerprint density at radius 2 is 2.00 bits per heavy atom. The molecule has 7 heteroatoms. The van der Waals surface area contributed by atoms with Gasteiger partial charge in [0.2, 0.25) is 5.95 Å². The van der Waals surface area contributed by atoms with Gasteiger partial charge in [0.25, 0.3) is 6.43 Å². The van der Waals surface area contributed by atoms with Crippen molar-refractivity contribution in [1.82, 2.24) is 20.5 Å². The number of anilines is 1. The van der Waals surface area contributed by atoms with Gasteiger partial charge in [-0.2, -0.15) is 4.98 Å². The third-order valence-electron chi connectivity index (χ3n) is 2.10. The molecule has 0 atom stereocenters. The Kier molecular flexibility index (Phi) is 2.58. The summed E-state index contributed by atoms with van der Waals surface area (Å²) >= 11 is 0. The van der Waals surface area contributed by atoms with Gasteiger partial charge in [-0.25, -0.2) is 8.78 Å². The van der Waals surface area contributed by atoms with E-state index in [4.69, 9.17) is 0 Å². The summed E-state index contributed by atoms with van der Waals surface area (Å²) in [5.41, 5.74) is 0. The predicted molar refractivity (Wildman–Crippen MR) is 46.4 cm³/mol. The van der Waals surface area contributed by atoms with E-state index in [0.29, 0.717) is 5.95 Å². The summed E-state index contributed by atoms with van der Waals surface area (Å²) in [6, 6.07) is 0. The molecule has 2 heterocycles. The van der Waals surface area contributed by atoms with Crippen LogP contribution >= 0.6 is 0 Å². The Morgan fingerprint density at radius 3 is 2.57 bits per heavy atom. The number of aromatic amines is 1. The molecular weight excluding hydrogens is 192 g/mol. The highest BCUT2D eigenvalue weighted by molar-refractivity contribution is 5.29. The van der Waals surface area contributed by atoms with Crippen molar-refractivity contribution >= 4 is 5.95 Å². The molecule has 0 radical (unpaired) electrons. The van der Waals surface area contributed by atoms with Crippen LogP contribution in [0, 0.1) is 0 Å². The van der Waals surface area contributed by atoms with Crippen molar-refractivity contribution in [2.75, 3.05) is 31.1 Å². The molecule has 1 aliphatic heterocycles. The first-order valence-electron chi connectivity index (χ1n) is 4.43. The summed E-state index contributed by atoms with van der Waals surface area (Å²) in [6.07, 6.45) is -2.58. The second-order valence-corrected chi connectivity index (χ2v) is 3.06. The number of aromatic nitrogens is 3. The smallest absolute Gasteiger partial charge is 0.296 e. The van der Waals surface area contributed by atoms with E-state index in [0.717, 1.165) is 26.2 Å². The first-order valence-corrected chi connectivity index (χ1v) is 4.43. The minimum absolute atomic E-state index is 0.362. The number of hydrogen-bond acceptors (Lipinski definition) is 4. The molecular formula is C7H11F2N5. The number of hydrogen-bond donors (Lipinski definition) is 2. The maximum atomic E-state index is 12.2. The average Bonchev–Trinajstić information content (AvgIpc) is 2.68. The number of rotatable bonds is 2. The number of alkyl halides is 2. The lowest BCUT2D eigenvalue weighted by Crippen LogP contribution is -2.44. The highest BCUT2D eigenvalue weighted by Crippen LogP contribution is 2.16. The molecule has 0 aromatic carbocycles.